The molecule has 0 unspecified atom stereocenters. The zero-order chi connectivity index (χ0) is 20.2. The van der Waals surface area contributed by atoms with E-state index >= 15 is 0 Å². The van der Waals surface area contributed by atoms with Crippen LogP contribution in [-0.2, 0) is 5.54 Å². The number of amides is 1. The first-order valence-corrected chi connectivity index (χ1v) is 10.5. The van der Waals surface area contributed by atoms with Crippen LogP contribution in [0.5, 0.6) is 0 Å². The van der Waals surface area contributed by atoms with Crippen LogP contribution in [0.15, 0.2) is 16.8 Å². The number of fused-ring (bicyclic) bond motifs is 1. The fraction of sp³-hybridized carbons (Fsp3) is 0.571. The van der Waals surface area contributed by atoms with Crippen molar-refractivity contribution in [1.29, 1.82) is 0 Å². The molecule has 5 rings (SSSR count). The Morgan fingerprint density at radius 1 is 1.28 bits per heavy atom. The van der Waals surface area contributed by atoms with Gasteiger partial charge in [0.15, 0.2) is 11.5 Å². The largest absolute Gasteiger partial charge is 0.340 e. The summed E-state index contributed by atoms with van der Waals surface area (Å²) in [6, 6.07) is 2.13. The molecule has 3 heterocycles. The molecule has 0 atom stereocenters. The molecule has 3 aromatic heterocycles. The second-order valence-electron chi connectivity index (χ2n) is 8.67. The highest BCUT2D eigenvalue weighted by atomic mass is 16.5. The fourth-order valence-electron chi connectivity index (χ4n) is 4.35. The maximum atomic E-state index is 13.5. The Balaban J connectivity index is 1.57. The molecule has 0 bridgehead atoms. The first-order chi connectivity index (χ1) is 14.0. The van der Waals surface area contributed by atoms with Gasteiger partial charge >= 0.3 is 0 Å². The van der Waals surface area contributed by atoms with E-state index in [1.54, 1.807) is 13.1 Å². The third-order valence-corrected chi connectivity index (χ3v) is 6.08. The second kappa shape index (κ2) is 6.64. The van der Waals surface area contributed by atoms with Gasteiger partial charge in [-0.1, -0.05) is 18.0 Å². The summed E-state index contributed by atoms with van der Waals surface area (Å²) in [6.45, 7) is 5.92. The highest BCUT2D eigenvalue weighted by molar-refractivity contribution is 6.05. The van der Waals surface area contributed by atoms with Crippen LogP contribution in [0.25, 0.3) is 11.0 Å². The number of carbonyl (C=O) groups excluding carboxylic acids is 1. The van der Waals surface area contributed by atoms with Crippen LogP contribution in [-0.4, -0.2) is 30.8 Å². The van der Waals surface area contributed by atoms with Crippen LogP contribution in [0.1, 0.15) is 92.1 Å². The fourth-order valence-corrected chi connectivity index (χ4v) is 4.35. The van der Waals surface area contributed by atoms with E-state index in [1.165, 1.54) is 0 Å². The molecule has 8 heteroatoms. The van der Waals surface area contributed by atoms with Gasteiger partial charge in [0.1, 0.15) is 5.54 Å². The molecule has 0 aromatic carbocycles. The molecule has 2 fully saturated rings. The maximum Gasteiger partial charge on any atom is 0.252 e. The zero-order valence-corrected chi connectivity index (χ0v) is 17.1. The zero-order valence-electron chi connectivity index (χ0n) is 17.1. The summed E-state index contributed by atoms with van der Waals surface area (Å²) in [5.41, 5.74) is 1.83. The first kappa shape index (κ1) is 18.3. The molecule has 0 aliphatic heterocycles. The van der Waals surface area contributed by atoms with Crippen LogP contribution in [0.2, 0.25) is 0 Å². The van der Waals surface area contributed by atoms with E-state index < -0.39 is 5.54 Å². The smallest absolute Gasteiger partial charge is 0.252 e. The number of nitrogens with one attached hydrogen (secondary N) is 1. The van der Waals surface area contributed by atoms with Crippen molar-refractivity contribution >= 4 is 16.9 Å². The first-order valence-electron chi connectivity index (χ1n) is 10.5. The number of pyridine rings is 1. The van der Waals surface area contributed by atoms with Crippen molar-refractivity contribution in [3.05, 3.63) is 35.2 Å². The van der Waals surface area contributed by atoms with E-state index in [9.17, 15) is 4.79 Å². The third-order valence-electron chi connectivity index (χ3n) is 6.08. The van der Waals surface area contributed by atoms with Crippen molar-refractivity contribution < 1.29 is 9.32 Å². The molecule has 2 saturated carbocycles. The molecule has 0 saturated heterocycles. The molecule has 1 N–H and O–H groups in total. The number of aryl methyl sites for hydroxylation is 1. The molecule has 0 spiro atoms. The minimum Gasteiger partial charge on any atom is -0.340 e. The van der Waals surface area contributed by atoms with E-state index in [2.05, 4.69) is 34.4 Å². The van der Waals surface area contributed by atoms with Gasteiger partial charge in [-0.05, 0) is 45.6 Å². The van der Waals surface area contributed by atoms with E-state index in [0.717, 1.165) is 55.3 Å². The van der Waals surface area contributed by atoms with Crippen molar-refractivity contribution in [3.63, 3.8) is 0 Å². The normalized spacial score (nSPS) is 18.6. The van der Waals surface area contributed by atoms with Crippen LogP contribution in [0.3, 0.4) is 0 Å². The minimum absolute atomic E-state index is 0.119. The van der Waals surface area contributed by atoms with E-state index in [-0.39, 0.29) is 11.9 Å². The number of hydrogen-bond donors (Lipinski definition) is 1. The van der Waals surface area contributed by atoms with Crippen molar-refractivity contribution in [2.24, 2.45) is 0 Å². The Hall–Kier alpha value is -2.77. The molecular weight excluding hydrogens is 368 g/mol. The lowest BCUT2D eigenvalue weighted by molar-refractivity contribution is 0.0893. The van der Waals surface area contributed by atoms with Crippen molar-refractivity contribution in [3.8, 4) is 0 Å². The number of hydrogen-bond acceptors (Lipinski definition) is 6. The summed E-state index contributed by atoms with van der Waals surface area (Å²) in [6.07, 6.45) is 7.69. The number of nitrogens with zero attached hydrogens (tertiary/aromatic N) is 5. The third kappa shape index (κ3) is 3.10. The topological polar surface area (TPSA) is 98.7 Å². The summed E-state index contributed by atoms with van der Waals surface area (Å²) < 4.78 is 7.11. The van der Waals surface area contributed by atoms with Crippen molar-refractivity contribution in [1.82, 2.24) is 30.2 Å². The Bertz CT molecular complexity index is 1070. The summed E-state index contributed by atoms with van der Waals surface area (Å²) in [5.74, 6) is 1.42. The molecule has 8 nitrogen and oxygen atoms in total. The van der Waals surface area contributed by atoms with Gasteiger partial charge < -0.3 is 9.84 Å². The van der Waals surface area contributed by atoms with Gasteiger partial charge in [0.2, 0.25) is 5.89 Å². The summed E-state index contributed by atoms with van der Waals surface area (Å²) >= 11 is 0. The van der Waals surface area contributed by atoms with Crippen LogP contribution in [0.4, 0.5) is 0 Å². The van der Waals surface area contributed by atoms with Crippen molar-refractivity contribution in [2.75, 3.05) is 0 Å². The molecule has 152 valence electrons. The predicted molar refractivity (Wildman–Crippen MR) is 107 cm³/mol. The van der Waals surface area contributed by atoms with Crippen LogP contribution in [0, 0.1) is 6.92 Å². The lowest BCUT2D eigenvalue weighted by atomic mass is 9.95. The van der Waals surface area contributed by atoms with Crippen LogP contribution >= 0.6 is 0 Å². The van der Waals surface area contributed by atoms with Crippen LogP contribution < -0.4 is 5.32 Å². The standard InChI is InChI=1S/C21H26N6O2/c1-12(2)27-18-16(11-22-27)15(10-17(24-18)14-6-7-14)19(28)25-21(8-4-5-9-21)20-23-13(3)29-26-20/h10-12,14H,4-9H2,1-3H3,(H,25,28). The molecule has 2 aliphatic rings. The van der Waals surface area contributed by atoms with E-state index in [4.69, 9.17) is 9.51 Å². The lowest BCUT2D eigenvalue weighted by Gasteiger charge is -2.27. The molecular formula is C21H26N6O2. The van der Waals surface area contributed by atoms with Gasteiger partial charge in [-0.3, -0.25) is 4.79 Å². The minimum atomic E-state index is -0.571. The quantitative estimate of drug-likeness (QED) is 0.707. The number of carbonyl (C=O) groups is 1. The Morgan fingerprint density at radius 3 is 2.66 bits per heavy atom. The Kier molecular flexibility index (Phi) is 4.18. The summed E-state index contributed by atoms with van der Waals surface area (Å²) in [4.78, 5) is 22.8. The van der Waals surface area contributed by atoms with Gasteiger partial charge in [-0.25, -0.2) is 9.67 Å². The van der Waals surface area contributed by atoms with Gasteiger partial charge in [-0.15, -0.1) is 0 Å². The van der Waals surface area contributed by atoms with Gasteiger partial charge in [0, 0.05) is 24.6 Å². The van der Waals surface area contributed by atoms with E-state index in [0.29, 0.717) is 23.2 Å². The average molecular weight is 394 g/mol. The Morgan fingerprint density at radius 2 is 2.03 bits per heavy atom. The number of aromatic nitrogens is 5. The Labute approximate surface area is 169 Å². The molecule has 29 heavy (non-hydrogen) atoms. The van der Waals surface area contributed by atoms with Gasteiger partial charge in [-0.2, -0.15) is 10.1 Å². The predicted octanol–water partition coefficient (Wildman–Crippen LogP) is 3.78. The number of rotatable bonds is 5. The maximum absolute atomic E-state index is 13.5. The lowest BCUT2D eigenvalue weighted by Crippen LogP contribution is -2.44. The molecule has 0 radical (unpaired) electrons. The average Bonchev–Trinajstić information content (AvgIpc) is 3.07. The summed E-state index contributed by atoms with van der Waals surface area (Å²) in [5, 5.41) is 12.7. The van der Waals surface area contributed by atoms with Crippen molar-refractivity contribution in [2.45, 2.75) is 76.8 Å². The second-order valence-corrected chi connectivity index (χ2v) is 8.67. The molecule has 1 amide bonds. The monoisotopic (exact) mass is 394 g/mol. The SMILES string of the molecule is Cc1nc(C2(NC(=O)c3cc(C4CC4)nc4c3cnn4C(C)C)CCCC2)no1. The highest BCUT2D eigenvalue weighted by Gasteiger charge is 2.42. The van der Waals surface area contributed by atoms with Gasteiger partial charge in [0.05, 0.1) is 17.1 Å². The molecule has 2 aliphatic carbocycles. The van der Waals surface area contributed by atoms with E-state index in [1.807, 2.05) is 10.7 Å². The summed E-state index contributed by atoms with van der Waals surface area (Å²) in [7, 11) is 0. The van der Waals surface area contributed by atoms with Gasteiger partial charge in [0.25, 0.3) is 5.91 Å². The molecule has 3 aromatic rings. The highest BCUT2D eigenvalue weighted by Crippen LogP contribution is 2.41.